The van der Waals surface area contributed by atoms with Crippen LogP contribution in [0.4, 0.5) is 0 Å². The predicted molar refractivity (Wildman–Crippen MR) is 84.8 cm³/mol. The van der Waals surface area contributed by atoms with Crippen LogP contribution in [0.15, 0.2) is 40.6 Å². The molecule has 0 aromatic heterocycles. The minimum Gasteiger partial charge on any atom is -0.410 e. The zero-order valence-corrected chi connectivity index (χ0v) is 12.9. The lowest BCUT2D eigenvalue weighted by Gasteiger charge is -2.18. The van der Waals surface area contributed by atoms with Gasteiger partial charge in [0.25, 0.3) is 5.91 Å². The Morgan fingerprint density at radius 3 is 2.27 bits per heavy atom. The molecule has 120 valence electrons. The summed E-state index contributed by atoms with van der Waals surface area (Å²) in [6.07, 6.45) is 0. The molecule has 0 atom stereocenters. The van der Waals surface area contributed by atoms with Crippen molar-refractivity contribution >= 4 is 17.3 Å². The number of rotatable bonds is 8. The van der Waals surface area contributed by atoms with Gasteiger partial charge in [-0.2, -0.15) is 0 Å². The largest absolute Gasteiger partial charge is 0.410 e. The van der Waals surface area contributed by atoms with Crippen LogP contribution in [0.1, 0.15) is 19.4 Å². The van der Waals surface area contributed by atoms with Crippen LogP contribution in [0.3, 0.4) is 0 Å². The van der Waals surface area contributed by atoms with E-state index < -0.39 is 5.91 Å². The second kappa shape index (κ2) is 9.51. The molecule has 1 aromatic carbocycles. The van der Waals surface area contributed by atoms with Gasteiger partial charge in [0.1, 0.15) is 5.71 Å². The van der Waals surface area contributed by atoms with E-state index in [0.717, 1.165) is 13.1 Å². The number of benzene rings is 1. The summed E-state index contributed by atoms with van der Waals surface area (Å²) in [6, 6.07) is 8.56. The molecule has 22 heavy (non-hydrogen) atoms. The van der Waals surface area contributed by atoms with Gasteiger partial charge in [0.15, 0.2) is 5.71 Å². The van der Waals surface area contributed by atoms with Crippen LogP contribution < -0.4 is 5.32 Å². The Bertz CT molecular complexity index is 525. The number of hydrogen-bond acceptors (Lipinski definition) is 6. The molecule has 7 heteroatoms. The van der Waals surface area contributed by atoms with Crippen LogP contribution in [0.5, 0.6) is 0 Å². The van der Waals surface area contributed by atoms with Crippen molar-refractivity contribution in [1.29, 1.82) is 0 Å². The number of likely N-dealkylation sites (N-methyl/N-ethyl adjacent to an activating group) is 1. The molecular weight excluding hydrogens is 284 g/mol. The first kappa shape index (κ1) is 17.6. The maximum atomic E-state index is 12.1. The zero-order valence-electron chi connectivity index (χ0n) is 12.9. The lowest BCUT2D eigenvalue weighted by molar-refractivity contribution is -0.114. The number of carbonyl (C=O) groups is 1. The molecule has 0 aliphatic carbocycles. The second-order valence-electron chi connectivity index (χ2n) is 4.55. The third-order valence-electron chi connectivity index (χ3n) is 3.29. The quantitative estimate of drug-likeness (QED) is 0.381. The van der Waals surface area contributed by atoms with E-state index in [-0.39, 0.29) is 11.4 Å². The number of oxime groups is 2. The summed E-state index contributed by atoms with van der Waals surface area (Å²) in [5.41, 5.74) is 0.0772. The van der Waals surface area contributed by atoms with Crippen molar-refractivity contribution in [3.8, 4) is 0 Å². The van der Waals surface area contributed by atoms with Crippen LogP contribution in [0.2, 0.25) is 0 Å². The van der Waals surface area contributed by atoms with E-state index in [0.29, 0.717) is 18.7 Å². The maximum Gasteiger partial charge on any atom is 0.275 e. The van der Waals surface area contributed by atoms with Gasteiger partial charge in [-0.05, 0) is 13.1 Å². The number of hydrogen-bond donors (Lipinski definition) is 3. The number of amides is 1. The highest BCUT2D eigenvalue weighted by Gasteiger charge is 2.21. The van der Waals surface area contributed by atoms with Crippen molar-refractivity contribution in [1.82, 2.24) is 10.2 Å². The summed E-state index contributed by atoms with van der Waals surface area (Å²) in [5, 5.41) is 26.9. The van der Waals surface area contributed by atoms with Crippen LogP contribution in [0.25, 0.3) is 0 Å². The van der Waals surface area contributed by atoms with E-state index in [1.54, 1.807) is 30.3 Å². The van der Waals surface area contributed by atoms with Crippen molar-refractivity contribution in [2.75, 3.05) is 26.2 Å². The molecule has 0 radical (unpaired) electrons. The zero-order chi connectivity index (χ0) is 16.4. The minimum atomic E-state index is -0.591. The fraction of sp³-hybridized carbons (Fsp3) is 0.400. The Kier molecular flexibility index (Phi) is 7.63. The van der Waals surface area contributed by atoms with Crippen molar-refractivity contribution < 1.29 is 15.2 Å². The Balaban J connectivity index is 2.73. The SMILES string of the molecule is CCN(CC)CCNC(=O)C(=NO)C(=NO)c1ccccc1. The highest BCUT2D eigenvalue weighted by Crippen LogP contribution is 2.03. The summed E-state index contributed by atoms with van der Waals surface area (Å²) in [7, 11) is 0. The molecule has 0 spiro atoms. The van der Waals surface area contributed by atoms with Gasteiger partial charge in [-0.3, -0.25) is 4.79 Å². The number of nitrogens with one attached hydrogen (secondary N) is 1. The molecular formula is C15H22N4O3. The first-order valence-electron chi connectivity index (χ1n) is 7.18. The first-order valence-corrected chi connectivity index (χ1v) is 7.18. The topological polar surface area (TPSA) is 97.5 Å². The van der Waals surface area contributed by atoms with E-state index in [9.17, 15) is 4.79 Å². The molecule has 0 bridgehead atoms. The average molecular weight is 306 g/mol. The maximum absolute atomic E-state index is 12.1. The molecule has 0 saturated carbocycles. The molecule has 0 fully saturated rings. The van der Waals surface area contributed by atoms with E-state index >= 15 is 0 Å². The van der Waals surface area contributed by atoms with E-state index in [2.05, 4.69) is 20.5 Å². The standard InChI is InChI=1S/C15H22N4O3/c1-3-19(4-2)11-10-16-15(20)14(18-22)13(17-21)12-8-6-5-7-9-12/h5-9,21-22H,3-4,10-11H2,1-2H3,(H,16,20). The molecule has 3 N–H and O–H groups in total. The normalized spacial score (nSPS) is 12.5. The van der Waals surface area contributed by atoms with Crippen molar-refractivity contribution in [2.45, 2.75) is 13.8 Å². The van der Waals surface area contributed by atoms with Gasteiger partial charge < -0.3 is 20.6 Å². The molecule has 0 saturated heterocycles. The lowest BCUT2D eigenvalue weighted by atomic mass is 10.1. The minimum absolute atomic E-state index is 0.0801. The van der Waals surface area contributed by atoms with Crippen molar-refractivity contribution in [2.24, 2.45) is 10.3 Å². The molecule has 1 amide bonds. The Labute approximate surface area is 129 Å². The van der Waals surface area contributed by atoms with Crippen molar-refractivity contribution in [3.63, 3.8) is 0 Å². The average Bonchev–Trinajstić information content (AvgIpc) is 2.57. The van der Waals surface area contributed by atoms with Crippen LogP contribution >= 0.6 is 0 Å². The molecule has 0 aliphatic rings. The van der Waals surface area contributed by atoms with Gasteiger partial charge in [0, 0.05) is 18.7 Å². The summed E-state index contributed by atoms with van der Waals surface area (Å²) < 4.78 is 0. The highest BCUT2D eigenvalue weighted by molar-refractivity contribution is 6.69. The Hall–Kier alpha value is -2.41. The summed E-state index contributed by atoms with van der Waals surface area (Å²) >= 11 is 0. The van der Waals surface area contributed by atoms with Crippen LogP contribution in [-0.4, -0.2) is 58.8 Å². The molecule has 0 heterocycles. The Morgan fingerprint density at radius 2 is 1.77 bits per heavy atom. The van der Waals surface area contributed by atoms with E-state index in [1.807, 2.05) is 13.8 Å². The predicted octanol–water partition coefficient (Wildman–Crippen LogP) is 1.15. The summed E-state index contributed by atoms with van der Waals surface area (Å²) in [4.78, 5) is 14.2. The number of carbonyl (C=O) groups excluding carboxylic acids is 1. The third-order valence-corrected chi connectivity index (χ3v) is 3.29. The summed E-state index contributed by atoms with van der Waals surface area (Å²) in [5.74, 6) is -0.591. The summed E-state index contributed by atoms with van der Waals surface area (Å²) in [6.45, 7) is 6.96. The second-order valence-corrected chi connectivity index (χ2v) is 4.55. The molecule has 7 nitrogen and oxygen atoms in total. The molecule has 0 aliphatic heterocycles. The van der Waals surface area contributed by atoms with Crippen molar-refractivity contribution in [3.05, 3.63) is 35.9 Å². The molecule has 0 unspecified atom stereocenters. The van der Waals surface area contributed by atoms with Gasteiger partial charge in [-0.25, -0.2) is 0 Å². The van der Waals surface area contributed by atoms with E-state index in [1.165, 1.54) is 0 Å². The van der Waals surface area contributed by atoms with Gasteiger partial charge in [-0.15, -0.1) is 0 Å². The smallest absolute Gasteiger partial charge is 0.275 e. The van der Waals surface area contributed by atoms with Crippen LogP contribution in [0, 0.1) is 0 Å². The van der Waals surface area contributed by atoms with E-state index in [4.69, 9.17) is 10.4 Å². The number of nitrogens with zero attached hydrogens (tertiary/aromatic N) is 3. The third kappa shape index (κ3) is 4.85. The van der Waals surface area contributed by atoms with Gasteiger partial charge in [0.05, 0.1) is 0 Å². The fourth-order valence-corrected chi connectivity index (χ4v) is 1.99. The van der Waals surface area contributed by atoms with Gasteiger partial charge >= 0.3 is 0 Å². The fourth-order valence-electron chi connectivity index (χ4n) is 1.99. The van der Waals surface area contributed by atoms with Crippen LogP contribution in [-0.2, 0) is 4.79 Å². The molecule has 1 aromatic rings. The lowest BCUT2D eigenvalue weighted by Crippen LogP contribution is -2.40. The molecule has 1 rings (SSSR count). The first-order chi connectivity index (χ1) is 10.7. The monoisotopic (exact) mass is 306 g/mol. The van der Waals surface area contributed by atoms with Gasteiger partial charge in [0.2, 0.25) is 0 Å². The Morgan fingerprint density at radius 1 is 1.14 bits per heavy atom. The highest BCUT2D eigenvalue weighted by atomic mass is 16.4. The van der Waals surface area contributed by atoms with Gasteiger partial charge in [-0.1, -0.05) is 54.5 Å².